The molecule has 2 N–H and O–H groups in total. The van der Waals surface area contributed by atoms with E-state index in [-0.39, 0.29) is 6.61 Å². The predicted molar refractivity (Wildman–Crippen MR) is 122 cm³/mol. The maximum atomic E-state index is 11.9. The zero-order chi connectivity index (χ0) is 22.1. The number of rotatable bonds is 4. The summed E-state index contributed by atoms with van der Waals surface area (Å²) in [5.74, 6) is 0.328. The average Bonchev–Trinajstić information content (AvgIpc) is 3.21. The predicted octanol–water partition coefficient (Wildman–Crippen LogP) is 4.74. The number of hydroxylamine groups is 2. The minimum absolute atomic E-state index is 0.285. The van der Waals surface area contributed by atoms with Crippen molar-refractivity contribution in [1.29, 1.82) is 0 Å². The molecule has 162 valence electrons. The fourth-order valence-electron chi connectivity index (χ4n) is 3.89. The lowest BCUT2D eigenvalue weighted by molar-refractivity contribution is -0.168. The van der Waals surface area contributed by atoms with Gasteiger partial charge in [0.2, 0.25) is 5.95 Å². The molecule has 0 unspecified atom stereocenters. The molecule has 3 heterocycles. The van der Waals surface area contributed by atoms with Crippen molar-refractivity contribution in [2.75, 3.05) is 19.0 Å². The number of nitrogens with zero attached hydrogens (tertiary/aromatic N) is 3. The van der Waals surface area contributed by atoms with Crippen LogP contribution in [-0.2, 0) is 22.7 Å². The van der Waals surface area contributed by atoms with Crippen LogP contribution in [0, 0.1) is 0 Å². The van der Waals surface area contributed by atoms with Crippen LogP contribution in [0.1, 0.15) is 18.1 Å². The lowest BCUT2D eigenvalue weighted by Crippen LogP contribution is -2.24. The van der Waals surface area contributed by atoms with E-state index >= 15 is 0 Å². The highest BCUT2D eigenvalue weighted by Gasteiger charge is 2.17. The number of imidazole rings is 1. The largest absolute Gasteiger partial charge is 0.450 e. The average molecular weight is 429 g/mol. The van der Waals surface area contributed by atoms with Crippen LogP contribution in [0.25, 0.3) is 33.4 Å². The highest BCUT2D eigenvalue weighted by Crippen LogP contribution is 2.34. The van der Waals surface area contributed by atoms with Crippen LogP contribution in [0.15, 0.2) is 54.7 Å². The van der Waals surface area contributed by atoms with Crippen molar-refractivity contribution in [2.24, 2.45) is 0 Å². The number of hydrogen-bond donors (Lipinski definition) is 2. The third-order valence-corrected chi connectivity index (χ3v) is 5.40. The van der Waals surface area contributed by atoms with Gasteiger partial charge in [0.1, 0.15) is 0 Å². The van der Waals surface area contributed by atoms with Gasteiger partial charge in [-0.15, -0.1) is 0 Å². The van der Waals surface area contributed by atoms with Crippen LogP contribution >= 0.6 is 0 Å². The van der Waals surface area contributed by atoms with E-state index in [1.54, 1.807) is 13.1 Å². The molecule has 0 spiro atoms. The third-order valence-electron chi connectivity index (χ3n) is 5.40. The topological polar surface area (TPSA) is 92.4 Å². The Kier molecular flexibility index (Phi) is 5.30. The Morgan fingerprint density at radius 1 is 1.19 bits per heavy atom. The summed E-state index contributed by atoms with van der Waals surface area (Å²) >= 11 is 0. The standard InChI is InChI=1S/C24H23N5O3/c1-3-31-24(30)28-23-26-21-12-17(11-19(22(21)27-23)20-6-4-5-9-25-20)15-7-8-16-13-29(2)32-14-18(16)10-15/h4-12H,3,13-14H2,1-2H3,(H2,26,27,28,30). The summed E-state index contributed by atoms with van der Waals surface area (Å²) in [6.07, 6.45) is 1.21. The van der Waals surface area contributed by atoms with Gasteiger partial charge in [0.25, 0.3) is 0 Å². The van der Waals surface area contributed by atoms with Crippen molar-refractivity contribution in [3.05, 3.63) is 65.9 Å². The number of benzene rings is 2. The zero-order valence-corrected chi connectivity index (χ0v) is 17.9. The van der Waals surface area contributed by atoms with Gasteiger partial charge in [-0.1, -0.05) is 18.2 Å². The summed E-state index contributed by atoms with van der Waals surface area (Å²) in [6, 6.07) is 16.3. The monoisotopic (exact) mass is 429 g/mol. The molecule has 8 heteroatoms. The number of amides is 1. The van der Waals surface area contributed by atoms with E-state index < -0.39 is 6.09 Å². The molecule has 0 fully saturated rings. The van der Waals surface area contributed by atoms with E-state index in [1.165, 1.54) is 11.1 Å². The van der Waals surface area contributed by atoms with Gasteiger partial charge in [0.05, 0.1) is 29.9 Å². The number of carbonyl (C=O) groups is 1. The summed E-state index contributed by atoms with van der Waals surface area (Å²) in [4.78, 5) is 29.8. The Balaban J connectivity index is 1.61. The molecule has 1 aliphatic heterocycles. The van der Waals surface area contributed by atoms with Crippen LogP contribution in [0.2, 0.25) is 0 Å². The van der Waals surface area contributed by atoms with Crippen LogP contribution in [-0.4, -0.2) is 39.8 Å². The molecule has 0 atom stereocenters. The van der Waals surface area contributed by atoms with E-state index in [0.29, 0.717) is 12.6 Å². The molecule has 4 aromatic rings. The fourth-order valence-corrected chi connectivity index (χ4v) is 3.89. The first kappa shape index (κ1) is 20.2. The van der Waals surface area contributed by atoms with Crippen LogP contribution in [0.3, 0.4) is 0 Å². The normalized spacial score (nSPS) is 13.7. The van der Waals surface area contributed by atoms with Gasteiger partial charge < -0.3 is 9.72 Å². The van der Waals surface area contributed by atoms with E-state index in [0.717, 1.165) is 40.0 Å². The molecular formula is C24H23N5O3. The SMILES string of the molecule is CCOC(=O)Nc1nc2cc(-c3ccc4c(c3)CON(C)C4)cc(-c3ccccn3)c2[nH]1. The molecule has 1 amide bonds. The smallest absolute Gasteiger partial charge is 0.413 e. The van der Waals surface area contributed by atoms with Crippen molar-refractivity contribution in [3.63, 3.8) is 0 Å². The van der Waals surface area contributed by atoms with E-state index in [1.807, 2.05) is 36.4 Å². The zero-order valence-electron chi connectivity index (χ0n) is 17.9. The van der Waals surface area contributed by atoms with Crippen molar-refractivity contribution in [1.82, 2.24) is 20.0 Å². The third kappa shape index (κ3) is 3.93. The number of H-pyrrole nitrogens is 1. The van der Waals surface area contributed by atoms with Gasteiger partial charge in [-0.25, -0.2) is 9.78 Å². The Labute approximate surface area is 185 Å². The molecule has 0 bridgehead atoms. The minimum Gasteiger partial charge on any atom is -0.450 e. The number of aromatic amines is 1. The second-order valence-corrected chi connectivity index (χ2v) is 7.61. The number of pyridine rings is 1. The Hall–Kier alpha value is -3.75. The van der Waals surface area contributed by atoms with Gasteiger partial charge in [0, 0.05) is 25.4 Å². The summed E-state index contributed by atoms with van der Waals surface area (Å²) in [5, 5.41) is 4.49. The first-order valence-corrected chi connectivity index (χ1v) is 10.5. The van der Waals surface area contributed by atoms with Crippen LogP contribution in [0.5, 0.6) is 0 Å². The quantitative estimate of drug-likeness (QED) is 0.487. The molecule has 1 aliphatic rings. The minimum atomic E-state index is -0.550. The van der Waals surface area contributed by atoms with Crippen LogP contribution < -0.4 is 5.32 Å². The summed E-state index contributed by atoms with van der Waals surface area (Å²) in [6.45, 7) is 3.35. The number of aromatic nitrogens is 3. The molecule has 5 rings (SSSR count). The first-order valence-electron chi connectivity index (χ1n) is 10.5. The van der Waals surface area contributed by atoms with E-state index in [4.69, 9.17) is 9.57 Å². The molecule has 0 saturated carbocycles. The number of carbonyl (C=O) groups excluding carboxylic acids is 1. The first-order chi connectivity index (χ1) is 15.6. The highest BCUT2D eigenvalue weighted by molar-refractivity contribution is 5.97. The lowest BCUT2D eigenvalue weighted by atomic mass is 9.96. The summed E-state index contributed by atoms with van der Waals surface area (Å²) in [5.41, 5.74) is 7.74. The molecule has 0 radical (unpaired) electrons. The lowest BCUT2D eigenvalue weighted by Gasteiger charge is -2.25. The summed E-state index contributed by atoms with van der Waals surface area (Å²) in [7, 11) is 1.93. The number of anilines is 1. The highest BCUT2D eigenvalue weighted by atomic mass is 16.7. The molecule has 0 aliphatic carbocycles. The second kappa shape index (κ2) is 8.41. The molecule has 0 saturated heterocycles. The fraction of sp³-hybridized carbons (Fsp3) is 0.208. The maximum Gasteiger partial charge on any atom is 0.413 e. The van der Waals surface area contributed by atoms with Crippen molar-refractivity contribution >= 4 is 23.1 Å². The maximum absolute atomic E-state index is 11.9. The Morgan fingerprint density at radius 2 is 2.09 bits per heavy atom. The Bertz CT molecular complexity index is 1290. The molecule has 32 heavy (non-hydrogen) atoms. The molecule has 8 nitrogen and oxygen atoms in total. The second-order valence-electron chi connectivity index (χ2n) is 7.61. The van der Waals surface area contributed by atoms with E-state index in [2.05, 4.69) is 44.5 Å². The number of fused-ring (bicyclic) bond motifs is 2. The number of ether oxygens (including phenoxy) is 1. The van der Waals surface area contributed by atoms with Crippen molar-refractivity contribution in [3.8, 4) is 22.4 Å². The van der Waals surface area contributed by atoms with Crippen LogP contribution in [0.4, 0.5) is 10.7 Å². The van der Waals surface area contributed by atoms with Gasteiger partial charge in [0.15, 0.2) is 0 Å². The molecule has 2 aromatic heterocycles. The van der Waals surface area contributed by atoms with E-state index in [9.17, 15) is 4.79 Å². The van der Waals surface area contributed by atoms with Gasteiger partial charge in [-0.05, 0) is 59.5 Å². The number of nitrogens with one attached hydrogen (secondary N) is 2. The van der Waals surface area contributed by atoms with Gasteiger partial charge >= 0.3 is 6.09 Å². The van der Waals surface area contributed by atoms with Crippen molar-refractivity contribution < 1.29 is 14.4 Å². The van der Waals surface area contributed by atoms with Gasteiger partial charge in [-0.3, -0.25) is 15.1 Å². The Morgan fingerprint density at radius 3 is 2.91 bits per heavy atom. The van der Waals surface area contributed by atoms with Crippen molar-refractivity contribution in [2.45, 2.75) is 20.1 Å². The summed E-state index contributed by atoms with van der Waals surface area (Å²) < 4.78 is 4.97. The van der Waals surface area contributed by atoms with Gasteiger partial charge in [-0.2, -0.15) is 5.06 Å². The molecule has 2 aromatic carbocycles. The number of hydrogen-bond acceptors (Lipinski definition) is 6. The molecular weight excluding hydrogens is 406 g/mol.